The van der Waals surface area contributed by atoms with Crippen molar-refractivity contribution in [3.05, 3.63) is 54.1 Å². The monoisotopic (exact) mass is 344 g/mol. The number of nitrogens with zero attached hydrogens (tertiary/aromatic N) is 6. The van der Waals surface area contributed by atoms with Crippen LogP contribution in [0.2, 0.25) is 0 Å². The second-order valence-electron chi connectivity index (χ2n) is 6.37. The van der Waals surface area contributed by atoms with Crippen LogP contribution in [0.15, 0.2) is 36.9 Å². The summed E-state index contributed by atoms with van der Waals surface area (Å²) in [7, 11) is 0. The summed E-state index contributed by atoms with van der Waals surface area (Å²) >= 11 is 0. The molecule has 0 spiro atoms. The summed E-state index contributed by atoms with van der Waals surface area (Å²) in [5, 5.41) is 12.3. The molecule has 0 radical (unpaired) electrons. The summed E-state index contributed by atoms with van der Waals surface area (Å²) in [5.74, 6) is 0.647. The van der Waals surface area contributed by atoms with Crippen molar-refractivity contribution in [3.8, 4) is 0 Å². The molecule has 1 aliphatic rings. The van der Waals surface area contributed by atoms with Crippen LogP contribution in [0, 0.1) is 5.82 Å². The van der Waals surface area contributed by atoms with Crippen LogP contribution in [0.1, 0.15) is 30.8 Å². The number of hydrogen-bond acceptors (Lipinski definition) is 5. The van der Waals surface area contributed by atoms with Crippen molar-refractivity contribution in [2.45, 2.75) is 25.9 Å². The molecule has 7 heteroatoms. The fourth-order valence-corrected chi connectivity index (χ4v) is 3.37. The lowest BCUT2D eigenvalue weighted by Crippen LogP contribution is -2.47. The molecule has 1 saturated heterocycles. The fraction of sp³-hybridized carbons (Fsp3) is 0.500. The number of hydrogen-bond donors (Lipinski definition) is 0. The maximum atomic E-state index is 13.1. The summed E-state index contributed by atoms with van der Waals surface area (Å²) in [6.45, 7) is 11.5. The Bertz CT molecular complexity index is 675. The highest BCUT2D eigenvalue weighted by Gasteiger charge is 2.27. The van der Waals surface area contributed by atoms with E-state index in [9.17, 15) is 4.39 Å². The molecule has 1 fully saturated rings. The third-order valence-corrected chi connectivity index (χ3v) is 4.72. The molecule has 0 bridgehead atoms. The zero-order valence-corrected chi connectivity index (χ0v) is 14.7. The molecule has 2 heterocycles. The van der Waals surface area contributed by atoms with Crippen LogP contribution in [0.25, 0.3) is 0 Å². The minimum Gasteiger partial charge on any atom is -0.297 e. The summed E-state index contributed by atoms with van der Waals surface area (Å²) in [6.07, 6.45) is 2.90. The van der Waals surface area contributed by atoms with Gasteiger partial charge in [0.25, 0.3) is 0 Å². The van der Waals surface area contributed by atoms with E-state index in [1.54, 1.807) is 12.1 Å². The van der Waals surface area contributed by atoms with E-state index in [4.69, 9.17) is 0 Å². The Morgan fingerprint density at radius 3 is 2.56 bits per heavy atom. The third-order valence-electron chi connectivity index (χ3n) is 4.72. The van der Waals surface area contributed by atoms with Gasteiger partial charge in [-0.1, -0.05) is 25.1 Å². The van der Waals surface area contributed by atoms with Crippen LogP contribution in [-0.4, -0.2) is 62.7 Å². The van der Waals surface area contributed by atoms with Gasteiger partial charge in [0.1, 0.15) is 5.82 Å². The largest absolute Gasteiger partial charge is 0.297 e. The van der Waals surface area contributed by atoms with Gasteiger partial charge in [-0.15, -0.1) is 11.7 Å². The molecule has 1 aromatic heterocycles. The molecule has 0 unspecified atom stereocenters. The highest BCUT2D eigenvalue weighted by atomic mass is 19.1. The highest BCUT2D eigenvalue weighted by molar-refractivity contribution is 5.16. The van der Waals surface area contributed by atoms with Gasteiger partial charge in [-0.3, -0.25) is 9.80 Å². The Kier molecular flexibility index (Phi) is 5.88. The molecule has 25 heavy (non-hydrogen) atoms. The number of halogens is 1. The molecule has 0 saturated carbocycles. The fourth-order valence-electron chi connectivity index (χ4n) is 3.37. The molecule has 3 rings (SSSR count). The Labute approximate surface area is 147 Å². The zero-order chi connectivity index (χ0) is 17.6. The first-order valence-corrected chi connectivity index (χ1v) is 8.79. The van der Waals surface area contributed by atoms with E-state index in [0.717, 1.165) is 50.5 Å². The van der Waals surface area contributed by atoms with Gasteiger partial charge in [-0.25, -0.2) is 9.07 Å². The van der Waals surface area contributed by atoms with E-state index >= 15 is 0 Å². The first kappa shape index (κ1) is 17.7. The predicted molar refractivity (Wildman–Crippen MR) is 94.6 cm³/mol. The van der Waals surface area contributed by atoms with Crippen molar-refractivity contribution in [3.63, 3.8) is 0 Å². The summed E-state index contributed by atoms with van der Waals surface area (Å²) < 4.78 is 14.9. The summed E-state index contributed by atoms with van der Waals surface area (Å²) in [6, 6.07) is 6.68. The van der Waals surface area contributed by atoms with Crippen LogP contribution < -0.4 is 0 Å². The molecule has 1 aromatic carbocycles. The maximum Gasteiger partial charge on any atom is 0.168 e. The highest BCUT2D eigenvalue weighted by Crippen LogP contribution is 2.23. The van der Waals surface area contributed by atoms with Crippen molar-refractivity contribution in [1.82, 2.24) is 30.0 Å². The lowest BCUT2D eigenvalue weighted by Gasteiger charge is -2.38. The average molecular weight is 344 g/mol. The number of benzene rings is 1. The second-order valence-corrected chi connectivity index (χ2v) is 6.37. The molecular formula is C18H25FN6. The van der Waals surface area contributed by atoms with E-state index in [2.05, 4.69) is 38.8 Å². The van der Waals surface area contributed by atoms with Gasteiger partial charge in [0.15, 0.2) is 5.82 Å². The van der Waals surface area contributed by atoms with Crippen molar-refractivity contribution in [1.29, 1.82) is 0 Å². The van der Waals surface area contributed by atoms with Crippen LogP contribution in [-0.2, 0) is 6.54 Å². The number of rotatable bonds is 7. The Morgan fingerprint density at radius 2 is 1.92 bits per heavy atom. The second kappa shape index (κ2) is 8.31. The van der Waals surface area contributed by atoms with Gasteiger partial charge in [-0.2, -0.15) is 0 Å². The third kappa shape index (κ3) is 4.29. The molecule has 0 aliphatic carbocycles. The van der Waals surface area contributed by atoms with Crippen molar-refractivity contribution >= 4 is 0 Å². The lowest BCUT2D eigenvalue weighted by molar-refractivity contribution is 0.0949. The molecule has 1 atom stereocenters. The number of aromatic nitrogens is 4. The summed E-state index contributed by atoms with van der Waals surface area (Å²) in [4.78, 5) is 4.85. The van der Waals surface area contributed by atoms with E-state index in [0.29, 0.717) is 6.54 Å². The predicted octanol–water partition coefficient (Wildman–Crippen LogP) is 2.12. The topological polar surface area (TPSA) is 50.1 Å². The smallest absolute Gasteiger partial charge is 0.168 e. The first-order chi connectivity index (χ1) is 12.2. The van der Waals surface area contributed by atoms with Gasteiger partial charge in [0.2, 0.25) is 0 Å². The quantitative estimate of drug-likeness (QED) is 0.720. The molecule has 1 aliphatic heterocycles. The van der Waals surface area contributed by atoms with E-state index in [1.165, 1.54) is 12.1 Å². The number of tetrazole rings is 1. The molecule has 6 nitrogen and oxygen atoms in total. The zero-order valence-electron chi connectivity index (χ0n) is 14.7. The summed E-state index contributed by atoms with van der Waals surface area (Å²) in [5.41, 5.74) is 0.987. The Balaban J connectivity index is 1.71. The SMILES string of the molecule is C=CCN1CCN([C@@H](CC)c2nnnn2Cc2ccc(F)cc2)CC1. The van der Waals surface area contributed by atoms with Crippen LogP contribution in [0.5, 0.6) is 0 Å². The molecule has 0 N–H and O–H groups in total. The van der Waals surface area contributed by atoms with E-state index in [-0.39, 0.29) is 11.9 Å². The van der Waals surface area contributed by atoms with Gasteiger partial charge in [0.05, 0.1) is 12.6 Å². The molecule has 2 aromatic rings. The molecule has 134 valence electrons. The van der Waals surface area contributed by atoms with Gasteiger partial charge in [-0.05, 0) is 34.5 Å². The normalized spacial score (nSPS) is 17.5. The Hall–Kier alpha value is -2.12. The van der Waals surface area contributed by atoms with Crippen molar-refractivity contribution in [2.75, 3.05) is 32.7 Å². The van der Waals surface area contributed by atoms with Crippen molar-refractivity contribution in [2.24, 2.45) is 0 Å². The van der Waals surface area contributed by atoms with Gasteiger partial charge < -0.3 is 0 Å². The first-order valence-electron chi connectivity index (χ1n) is 8.79. The van der Waals surface area contributed by atoms with Gasteiger partial charge in [0, 0.05) is 32.7 Å². The minimum atomic E-state index is -0.232. The minimum absolute atomic E-state index is 0.196. The van der Waals surface area contributed by atoms with Crippen LogP contribution >= 0.6 is 0 Å². The standard InChI is InChI=1S/C18H25FN6/c1-3-9-23-10-12-24(13-11-23)17(4-2)18-20-21-22-25(18)14-15-5-7-16(19)8-6-15/h3,5-8,17H,1,4,9-14H2,2H3/t17-/m0/s1. The Morgan fingerprint density at radius 1 is 1.20 bits per heavy atom. The van der Waals surface area contributed by atoms with E-state index in [1.807, 2.05) is 10.8 Å². The van der Waals surface area contributed by atoms with Crippen LogP contribution in [0.3, 0.4) is 0 Å². The van der Waals surface area contributed by atoms with Crippen LogP contribution in [0.4, 0.5) is 4.39 Å². The maximum absolute atomic E-state index is 13.1. The van der Waals surface area contributed by atoms with Crippen molar-refractivity contribution < 1.29 is 4.39 Å². The molecular weight excluding hydrogens is 319 g/mol. The van der Waals surface area contributed by atoms with E-state index < -0.39 is 0 Å². The van der Waals surface area contributed by atoms with Gasteiger partial charge >= 0.3 is 0 Å². The average Bonchev–Trinajstić information content (AvgIpc) is 3.07. The number of piperazine rings is 1. The lowest BCUT2D eigenvalue weighted by atomic mass is 10.1. The molecule has 0 amide bonds.